The Bertz CT molecular complexity index is 1210. The first kappa shape index (κ1) is 21.5. The van der Waals surface area contributed by atoms with Crippen LogP contribution in [0, 0.1) is 5.82 Å². The summed E-state index contributed by atoms with van der Waals surface area (Å²) in [5.74, 6) is -0.494. The molecule has 0 saturated heterocycles. The first-order chi connectivity index (χ1) is 15.6. The molecular formula is C23H20ClFN6O. The molecule has 0 aliphatic carbocycles. The highest BCUT2D eigenvalue weighted by atomic mass is 35.5. The SMILES string of the molecule is O=C(NCc1cccnc1Cl)c1ccc(-c2cnn(NCCc3cccc(F)c3)c2)nc1. The van der Waals surface area contributed by atoms with Crippen molar-refractivity contribution in [2.75, 3.05) is 12.0 Å². The van der Waals surface area contributed by atoms with Crippen molar-refractivity contribution in [2.24, 2.45) is 0 Å². The molecule has 0 spiro atoms. The summed E-state index contributed by atoms with van der Waals surface area (Å²) in [4.78, 5) is 22.3. The normalized spacial score (nSPS) is 10.7. The summed E-state index contributed by atoms with van der Waals surface area (Å²) in [6.07, 6.45) is 7.27. The van der Waals surface area contributed by atoms with Crippen molar-refractivity contribution in [3.63, 3.8) is 0 Å². The van der Waals surface area contributed by atoms with Crippen LogP contribution in [0.2, 0.25) is 5.15 Å². The lowest BCUT2D eigenvalue weighted by atomic mass is 10.1. The van der Waals surface area contributed by atoms with Crippen LogP contribution < -0.4 is 10.7 Å². The van der Waals surface area contributed by atoms with Crippen LogP contribution in [0.3, 0.4) is 0 Å². The van der Waals surface area contributed by atoms with Crippen molar-refractivity contribution in [3.05, 3.63) is 101 Å². The van der Waals surface area contributed by atoms with Gasteiger partial charge in [0, 0.05) is 36.6 Å². The Morgan fingerprint density at radius 1 is 1.09 bits per heavy atom. The molecule has 0 fully saturated rings. The molecule has 0 aliphatic heterocycles. The number of aromatic nitrogens is 4. The number of amides is 1. The van der Waals surface area contributed by atoms with Crippen LogP contribution in [0.5, 0.6) is 0 Å². The second-order valence-corrected chi connectivity index (χ2v) is 7.39. The van der Waals surface area contributed by atoms with Gasteiger partial charge in [-0.2, -0.15) is 9.89 Å². The highest BCUT2D eigenvalue weighted by Crippen LogP contribution is 2.16. The van der Waals surface area contributed by atoms with Gasteiger partial charge in [-0.05, 0) is 42.3 Å². The number of hydrogen-bond donors (Lipinski definition) is 2. The maximum atomic E-state index is 13.2. The molecule has 9 heteroatoms. The van der Waals surface area contributed by atoms with Gasteiger partial charge in [-0.25, -0.2) is 9.37 Å². The lowest BCUT2D eigenvalue weighted by Gasteiger charge is -2.07. The highest BCUT2D eigenvalue weighted by Gasteiger charge is 2.09. The molecule has 2 N–H and O–H groups in total. The predicted octanol–water partition coefficient (Wildman–Crippen LogP) is 3.85. The minimum Gasteiger partial charge on any atom is -0.348 e. The van der Waals surface area contributed by atoms with Crippen LogP contribution in [0.25, 0.3) is 11.3 Å². The Morgan fingerprint density at radius 2 is 2.00 bits per heavy atom. The molecule has 7 nitrogen and oxygen atoms in total. The van der Waals surface area contributed by atoms with E-state index in [1.165, 1.54) is 18.3 Å². The zero-order chi connectivity index (χ0) is 22.3. The molecule has 0 radical (unpaired) electrons. The second-order valence-electron chi connectivity index (χ2n) is 7.03. The van der Waals surface area contributed by atoms with Crippen LogP contribution >= 0.6 is 11.6 Å². The van der Waals surface area contributed by atoms with E-state index in [0.717, 1.165) is 16.7 Å². The van der Waals surface area contributed by atoms with Gasteiger partial charge in [0.1, 0.15) is 11.0 Å². The van der Waals surface area contributed by atoms with E-state index in [9.17, 15) is 9.18 Å². The van der Waals surface area contributed by atoms with Gasteiger partial charge in [0.05, 0.1) is 23.7 Å². The molecule has 1 aromatic carbocycles. The molecule has 1 amide bonds. The summed E-state index contributed by atoms with van der Waals surface area (Å²) in [6, 6.07) is 13.6. The van der Waals surface area contributed by atoms with Crippen LogP contribution in [-0.2, 0) is 13.0 Å². The molecule has 4 aromatic rings. The van der Waals surface area contributed by atoms with E-state index in [1.807, 2.05) is 6.07 Å². The van der Waals surface area contributed by atoms with E-state index in [-0.39, 0.29) is 18.3 Å². The molecule has 0 aliphatic rings. The summed E-state index contributed by atoms with van der Waals surface area (Å²) in [5, 5.41) is 7.43. The van der Waals surface area contributed by atoms with E-state index < -0.39 is 0 Å². The summed E-state index contributed by atoms with van der Waals surface area (Å²) < 4.78 is 13.2. The summed E-state index contributed by atoms with van der Waals surface area (Å²) >= 11 is 6.01. The number of nitrogens with one attached hydrogen (secondary N) is 2. The third kappa shape index (κ3) is 5.47. The number of hydrogen-bond acceptors (Lipinski definition) is 5. The van der Waals surface area contributed by atoms with Gasteiger partial charge in [-0.3, -0.25) is 9.78 Å². The predicted molar refractivity (Wildman–Crippen MR) is 120 cm³/mol. The number of halogens is 2. The standard InChI is InChI=1S/C23H20ClFN6O/c24-22-17(4-2-9-26-22)12-28-23(32)18-6-7-21(27-13-18)19-14-30-31(15-19)29-10-8-16-3-1-5-20(25)11-16/h1-7,9,11,13-15,29H,8,10,12H2,(H,28,32). The van der Waals surface area contributed by atoms with Crippen molar-refractivity contribution >= 4 is 17.5 Å². The summed E-state index contributed by atoms with van der Waals surface area (Å²) in [5.41, 5.74) is 6.73. The Labute approximate surface area is 189 Å². The van der Waals surface area contributed by atoms with Crippen molar-refractivity contribution < 1.29 is 9.18 Å². The number of carbonyl (C=O) groups is 1. The maximum absolute atomic E-state index is 13.2. The van der Waals surface area contributed by atoms with Gasteiger partial charge in [0.2, 0.25) is 0 Å². The van der Waals surface area contributed by atoms with Gasteiger partial charge < -0.3 is 10.7 Å². The minimum absolute atomic E-state index is 0.243. The zero-order valence-electron chi connectivity index (χ0n) is 17.0. The topological polar surface area (TPSA) is 84.7 Å². The fraction of sp³-hybridized carbons (Fsp3) is 0.130. The smallest absolute Gasteiger partial charge is 0.253 e. The summed E-state index contributed by atoms with van der Waals surface area (Å²) in [7, 11) is 0. The molecule has 3 heterocycles. The van der Waals surface area contributed by atoms with Gasteiger partial charge in [-0.15, -0.1) is 0 Å². The van der Waals surface area contributed by atoms with Crippen LogP contribution in [0.1, 0.15) is 21.5 Å². The first-order valence-corrected chi connectivity index (χ1v) is 10.3. The van der Waals surface area contributed by atoms with Crippen LogP contribution in [-0.4, -0.2) is 32.3 Å². The van der Waals surface area contributed by atoms with E-state index in [2.05, 4.69) is 25.8 Å². The fourth-order valence-corrected chi connectivity index (χ4v) is 3.26. The number of rotatable bonds is 8. The Hall–Kier alpha value is -3.78. The lowest BCUT2D eigenvalue weighted by molar-refractivity contribution is 0.0950. The van der Waals surface area contributed by atoms with Crippen molar-refractivity contribution in [2.45, 2.75) is 13.0 Å². The highest BCUT2D eigenvalue weighted by molar-refractivity contribution is 6.30. The van der Waals surface area contributed by atoms with Gasteiger partial charge in [-0.1, -0.05) is 29.8 Å². The number of benzene rings is 1. The monoisotopic (exact) mass is 450 g/mol. The average molecular weight is 451 g/mol. The molecule has 32 heavy (non-hydrogen) atoms. The molecular weight excluding hydrogens is 431 g/mol. The van der Waals surface area contributed by atoms with Crippen molar-refractivity contribution in [3.8, 4) is 11.3 Å². The molecule has 0 saturated carbocycles. The molecule has 0 bridgehead atoms. The third-order valence-electron chi connectivity index (χ3n) is 4.76. The minimum atomic E-state index is -0.251. The molecule has 4 rings (SSSR count). The number of nitrogens with zero attached hydrogens (tertiary/aromatic N) is 4. The molecule has 0 unspecified atom stereocenters. The fourth-order valence-electron chi connectivity index (χ4n) is 3.08. The van der Waals surface area contributed by atoms with Crippen molar-refractivity contribution in [1.29, 1.82) is 0 Å². The van der Waals surface area contributed by atoms with E-state index in [0.29, 0.717) is 29.4 Å². The third-order valence-corrected chi connectivity index (χ3v) is 5.10. The quantitative estimate of drug-likeness (QED) is 0.398. The van der Waals surface area contributed by atoms with Gasteiger partial charge >= 0.3 is 0 Å². The summed E-state index contributed by atoms with van der Waals surface area (Å²) in [6.45, 7) is 0.874. The van der Waals surface area contributed by atoms with Gasteiger partial charge in [0.15, 0.2) is 0 Å². The number of carbonyl (C=O) groups excluding carboxylic acids is 1. The van der Waals surface area contributed by atoms with E-state index >= 15 is 0 Å². The average Bonchev–Trinajstić information content (AvgIpc) is 3.27. The molecule has 162 valence electrons. The van der Waals surface area contributed by atoms with Gasteiger partial charge in [0.25, 0.3) is 5.91 Å². The maximum Gasteiger partial charge on any atom is 0.253 e. The largest absolute Gasteiger partial charge is 0.348 e. The van der Waals surface area contributed by atoms with E-state index in [4.69, 9.17) is 11.6 Å². The van der Waals surface area contributed by atoms with Crippen LogP contribution in [0.4, 0.5) is 4.39 Å². The zero-order valence-corrected chi connectivity index (χ0v) is 17.8. The Kier molecular flexibility index (Phi) is 6.72. The van der Waals surface area contributed by atoms with Crippen molar-refractivity contribution in [1.82, 2.24) is 25.2 Å². The lowest BCUT2D eigenvalue weighted by Crippen LogP contribution is -2.23. The van der Waals surface area contributed by atoms with E-state index in [1.54, 1.807) is 53.7 Å². The Balaban J connectivity index is 1.31. The van der Waals surface area contributed by atoms with Crippen LogP contribution in [0.15, 0.2) is 73.3 Å². The Morgan fingerprint density at radius 3 is 2.78 bits per heavy atom. The second kappa shape index (κ2) is 10.0. The molecule has 0 atom stereocenters. The first-order valence-electron chi connectivity index (χ1n) is 9.95. The number of pyridine rings is 2. The molecule has 3 aromatic heterocycles.